The van der Waals surface area contributed by atoms with Gasteiger partial charge in [0.2, 0.25) is 0 Å². The standard InChI is InChI=1S/C19H33NO3S4/c1-2-20-16-19(23)12-15-27-26-14-7-11-18(22)9-5-3-4-8-17(21)10-6-13-25-24/h2,24H,3-16H2,1H3/i/hT. The predicted molar refractivity (Wildman–Crippen MR) is 127 cm³/mol. The van der Waals surface area contributed by atoms with E-state index in [1.165, 1.54) is 10.8 Å². The minimum Gasteiger partial charge on any atom is -0.300 e. The van der Waals surface area contributed by atoms with Crippen LogP contribution in [0.3, 0.4) is 0 Å². The summed E-state index contributed by atoms with van der Waals surface area (Å²) < 4.78 is 6.94. The summed E-state index contributed by atoms with van der Waals surface area (Å²) in [6.07, 6.45) is 9.12. The number of thiol groups is 1. The zero-order chi connectivity index (χ0) is 20.9. The molecule has 27 heavy (non-hydrogen) atoms. The van der Waals surface area contributed by atoms with Crippen LogP contribution in [0.4, 0.5) is 0 Å². The molecule has 0 aromatic carbocycles. The monoisotopic (exact) mass is 453 g/mol. The SMILES string of the molecule is [3H]SSCCCC(=O)CCCCCC(=O)CCCSSCCC(=O)CN=CC. The molecule has 0 amide bonds. The Balaban J connectivity index is 3.37. The van der Waals surface area contributed by atoms with Crippen LogP contribution in [0, 0.1) is 0 Å². The third kappa shape index (κ3) is 20.6. The highest BCUT2D eigenvalue weighted by atomic mass is 33.1. The number of unbranched alkanes of at least 4 members (excludes halogenated alkanes) is 2. The number of hydrogen-bond donors (Lipinski definition) is 1. The lowest BCUT2D eigenvalue weighted by molar-refractivity contribution is -0.119. The van der Waals surface area contributed by atoms with Crippen molar-refractivity contribution in [2.75, 3.05) is 23.8 Å². The first kappa shape index (κ1) is 25.1. The van der Waals surface area contributed by atoms with Gasteiger partial charge in [-0.3, -0.25) is 19.4 Å². The van der Waals surface area contributed by atoms with Crippen molar-refractivity contribution in [1.82, 2.24) is 0 Å². The highest BCUT2D eigenvalue weighted by Crippen LogP contribution is 2.23. The van der Waals surface area contributed by atoms with Gasteiger partial charge in [-0.15, -0.1) is 11.6 Å². The number of nitrogens with zero attached hydrogens (tertiary/aromatic N) is 1. The minimum absolute atomic E-state index is 0.172. The first-order chi connectivity index (χ1) is 13.6. The first-order valence-electron chi connectivity index (χ1n) is 9.99. The van der Waals surface area contributed by atoms with E-state index >= 15 is 0 Å². The lowest BCUT2D eigenvalue weighted by atomic mass is 10.0. The zero-order valence-electron chi connectivity index (χ0n) is 17.3. The van der Waals surface area contributed by atoms with Crippen LogP contribution in [-0.2, 0) is 14.4 Å². The van der Waals surface area contributed by atoms with Gasteiger partial charge in [-0.1, -0.05) is 38.8 Å². The molecule has 0 fully saturated rings. The maximum atomic E-state index is 11.9. The lowest BCUT2D eigenvalue weighted by Crippen LogP contribution is -2.03. The molecule has 0 radical (unpaired) electrons. The number of Topliss-reactive ketones (excluding diaryl/α,β-unsaturated/α-hetero) is 3. The van der Waals surface area contributed by atoms with Gasteiger partial charge in [0.05, 0.1) is 6.54 Å². The Kier molecular flexibility index (Phi) is 19.4. The molecular weight excluding hydrogens is 418 g/mol. The van der Waals surface area contributed by atoms with Crippen molar-refractivity contribution in [2.24, 2.45) is 4.99 Å². The third-order valence-electron chi connectivity index (χ3n) is 3.78. The number of ketones is 3. The van der Waals surface area contributed by atoms with Gasteiger partial charge in [0.25, 0.3) is 0 Å². The Morgan fingerprint density at radius 3 is 2.04 bits per heavy atom. The minimum atomic E-state index is 0.172. The zero-order valence-corrected chi connectivity index (χ0v) is 19.5. The van der Waals surface area contributed by atoms with Crippen molar-refractivity contribution < 1.29 is 14.4 Å². The van der Waals surface area contributed by atoms with Crippen molar-refractivity contribution in [2.45, 2.75) is 71.1 Å². The van der Waals surface area contributed by atoms with Gasteiger partial charge in [0.1, 0.15) is 12.7 Å². The molecule has 4 nitrogen and oxygen atoms in total. The van der Waals surface area contributed by atoms with Gasteiger partial charge in [0, 0.05) is 49.4 Å². The summed E-state index contributed by atoms with van der Waals surface area (Å²) >= 11 is 0.998. The fraction of sp³-hybridized carbons (Fsp3) is 0.789. The second kappa shape index (κ2) is 20.8. The van der Waals surface area contributed by atoms with Crippen molar-refractivity contribution in [3.8, 4) is 0 Å². The van der Waals surface area contributed by atoms with Crippen molar-refractivity contribution >= 4 is 67.5 Å². The van der Waals surface area contributed by atoms with Crippen molar-refractivity contribution in [3.63, 3.8) is 0 Å². The molecule has 0 unspecified atom stereocenters. The number of carbonyl (C=O) groups is 3. The summed E-state index contributed by atoms with van der Waals surface area (Å²) in [5, 5.41) is 0. The predicted octanol–water partition coefficient (Wildman–Crippen LogP) is 5.64. The molecule has 0 atom stereocenters. The third-order valence-corrected chi connectivity index (χ3v) is 7.22. The van der Waals surface area contributed by atoms with Gasteiger partial charge in [-0.05, 0) is 38.8 Å². The smallest absolute Gasteiger partial charge is 0.155 e. The molecule has 0 heterocycles. The maximum absolute atomic E-state index is 11.9. The molecular formula is C19H33NO3S4. The summed E-state index contributed by atoms with van der Waals surface area (Å²) in [7, 11) is 4.89. The molecule has 0 aliphatic rings. The lowest BCUT2D eigenvalue weighted by Gasteiger charge is -2.03. The quantitative estimate of drug-likeness (QED) is 0.105. The molecule has 0 N–H and O–H groups in total. The summed E-state index contributed by atoms with van der Waals surface area (Å²) in [5.41, 5.74) is 0. The second-order valence-corrected chi connectivity index (χ2v) is 10.3. The van der Waals surface area contributed by atoms with Gasteiger partial charge in [0.15, 0.2) is 5.78 Å². The van der Waals surface area contributed by atoms with Gasteiger partial charge in [-0.2, -0.15) is 0 Å². The molecule has 0 saturated carbocycles. The Morgan fingerprint density at radius 2 is 1.41 bits per heavy atom. The average Bonchev–Trinajstić information content (AvgIpc) is 2.68. The first-order valence-corrected chi connectivity index (χ1v) is 14.0. The van der Waals surface area contributed by atoms with E-state index in [0.717, 1.165) is 60.9 Å². The molecule has 0 aliphatic carbocycles. The maximum Gasteiger partial charge on any atom is 0.155 e. The van der Waals surface area contributed by atoms with Crippen LogP contribution in [0.5, 0.6) is 0 Å². The van der Waals surface area contributed by atoms with Crippen molar-refractivity contribution in [1.29, 1.82) is 1.12 Å². The van der Waals surface area contributed by atoms with Gasteiger partial charge < -0.3 is 0 Å². The highest BCUT2D eigenvalue weighted by Gasteiger charge is 2.05. The van der Waals surface area contributed by atoms with E-state index in [4.69, 9.17) is 1.12 Å². The second-order valence-electron chi connectivity index (χ2n) is 6.20. The summed E-state index contributed by atoms with van der Waals surface area (Å²) in [6, 6.07) is 0. The van der Waals surface area contributed by atoms with Crippen LogP contribution in [0.2, 0.25) is 0 Å². The molecule has 0 spiro atoms. The summed E-state index contributed by atoms with van der Waals surface area (Å²) in [4.78, 5) is 38.9. The van der Waals surface area contributed by atoms with E-state index < -0.39 is 0 Å². The van der Waals surface area contributed by atoms with E-state index in [2.05, 4.69) is 4.99 Å². The number of hydrogen-bond acceptors (Lipinski definition) is 8. The molecule has 0 bridgehead atoms. The molecule has 0 aliphatic heterocycles. The molecule has 0 aromatic rings. The summed E-state index contributed by atoms with van der Waals surface area (Å²) in [6.45, 7) is 2.10. The van der Waals surface area contributed by atoms with E-state index in [-0.39, 0.29) is 12.3 Å². The fourth-order valence-electron chi connectivity index (χ4n) is 2.27. The highest BCUT2D eigenvalue weighted by molar-refractivity contribution is 8.76. The topological polar surface area (TPSA) is 63.6 Å². The fourth-order valence-corrected chi connectivity index (χ4v) is 5.01. The number of aliphatic imine (C=N–C) groups is 1. The largest absolute Gasteiger partial charge is 0.300 e. The Hall–Kier alpha value is 0.0800. The summed E-state index contributed by atoms with van der Waals surface area (Å²) in [5.74, 6) is 3.38. The molecule has 8 heteroatoms. The van der Waals surface area contributed by atoms with Crippen LogP contribution < -0.4 is 0 Å². The van der Waals surface area contributed by atoms with E-state index in [0.29, 0.717) is 43.7 Å². The Morgan fingerprint density at radius 1 is 0.815 bits per heavy atom. The average molecular weight is 454 g/mol. The molecule has 156 valence electrons. The van der Waals surface area contributed by atoms with Crippen LogP contribution in [0.15, 0.2) is 4.99 Å². The van der Waals surface area contributed by atoms with E-state index in [1.807, 2.05) is 6.92 Å². The van der Waals surface area contributed by atoms with Crippen LogP contribution >= 0.6 is 43.9 Å². The normalized spacial score (nSPS) is 11.7. The number of carbonyl (C=O) groups excluding carboxylic acids is 3. The Bertz CT molecular complexity index is 464. The molecule has 0 saturated heterocycles. The van der Waals surface area contributed by atoms with Crippen LogP contribution in [0.25, 0.3) is 0 Å². The van der Waals surface area contributed by atoms with Gasteiger partial charge in [-0.25, -0.2) is 0 Å². The van der Waals surface area contributed by atoms with E-state index in [1.54, 1.807) is 27.8 Å². The van der Waals surface area contributed by atoms with E-state index in [9.17, 15) is 14.4 Å². The van der Waals surface area contributed by atoms with Gasteiger partial charge >= 0.3 is 0 Å². The Labute approximate surface area is 182 Å². The van der Waals surface area contributed by atoms with Crippen LogP contribution in [-0.4, -0.2) is 48.5 Å². The van der Waals surface area contributed by atoms with Crippen LogP contribution in [0.1, 0.15) is 71.1 Å². The van der Waals surface area contributed by atoms with Crippen molar-refractivity contribution in [3.05, 3.63) is 0 Å². The molecule has 0 rings (SSSR count). The molecule has 0 aromatic heterocycles. The number of rotatable bonds is 21.